The molecule has 0 aromatic heterocycles. The Kier molecular flexibility index (Phi) is 6.50. The third kappa shape index (κ3) is 4.92. The molecule has 3 nitrogen and oxygen atoms in total. The lowest BCUT2D eigenvalue weighted by atomic mass is 10.1. The number of hydrogen-bond donors (Lipinski definition) is 1. The SMILES string of the molecule is COc1ccc(OCCCF)c(CNC(C)C)c1. The van der Waals surface area contributed by atoms with Gasteiger partial charge in [-0.15, -0.1) is 0 Å². The number of halogens is 1. The summed E-state index contributed by atoms with van der Waals surface area (Å²) in [7, 11) is 1.64. The largest absolute Gasteiger partial charge is 0.497 e. The summed E-state index contributed by atoms with van der Waals surface area (Å²) in [5, 5.41) is 3.33. The molecule has 0 saturated heterocycles. The molecule has 1 rings (SSSR count). The smallest absolute Gasteiger partial charge is 0.124 e. The fraction of sp³-hybridized carbons (Fsp3) is 0.571. The molecule has 0 aliphatic carbocycles. The Labute approximate surface area is 108 Å². The molecule has 1 aromatic carbocycles. The molecule has 1 N–H and O–H groups in total. The topological polar surface area (TPSA) is 30.5 Å². The van der Waals surface area contributed by atoms with E-state index in [1.807, 2.05) is 18.2 Å². The summed E-state index contributed by atoms with van der Waals surface area (Å²) in [6.07, 6.45) is 0.420. The number of methoxy groups -OCH3 is 1. The summed E-state index contributed by atoms with van der Waals surface area (Å²) in [6.45, 7) is 4.93. The zero-order valence-electron chi connectivity index (χ0n) is 11.3. The Morgan fingerprint density at radius 3 is 2.72 bits per heavy atom. The number of rotatable bonds is 8. The molecular formula is C14H22FNO2. The van der Waals surface area contributed by atoms with Crippen molar-refractivity contribution in [3.8, 4) is 11.5 Å². The highest BCUT2D eigenvalue weighted by Gasteiger charge is 2.06. The second-order valence-corrected chi connectivity index (χ2v) is 4.40. The molecule has 0 aliphatic heterocycles. The van der Waals surface area contributed by atoms with E-state index in [2.05, 4.69) is 19.2 Å². The van der Waals surface area contributed by atoms with E-state index in [1.165, 1.54) is 0 Å². The van der Waals surface area contributed by atoms with Crippen molar-refractivity contribution in [2.24, 2.45) is 0 Å². The second-order valence-electron chi connectivity index (χ2n) is 4.40. The summed E-state index contributed by atoms with van der Waals surface area (Å²) in [5.41, 5.74) is 1.03. The predicted octanol–water partition coefficient (Wildman–Crippen LogP) is 2.93. The van der Waals surface area contributed by atoms with E-state index in [4.69, 9.17) is 9.47 Å². The molecule has 4 heteroatoms. The first kappa shape index (κ1) is 14.8. The van der Waals surface area contributed by atoms with Gasteiger partial charge >= 0.3 is 0 Å². The van der Waals surface area contributed by atoms with Gasteiger partial charge in [-0.25, -0.2) is 0 Å². The van der Waals surface area contributed by atoms with Gasteiger partial charge in [0.25, 0.3) is 0 Å². The zero-order chi connectivity index (χ0) is 13.4. The predicted molar refractivity (Wildman–Crippen MR) is 71.1 cm³/mol. The van der Waals surface area contributed by atoms with E-state index >= 15 is 0 Å². The van der Waals surface area contributed by atoms with Crippen molar-refractivity contribution in [1.82, 2.24) is 5.32 Å². The average molecular weight is 255 g/mol. The van der Waals surface area contributed by atoms with Crippen molar-refractivity contribution in [1.29, 1.82) is 0 Å². The van der Waals surface area contributed by atoms with E-state index in [-0.39, 0.29) is 6.67 Å². The summed E-state index contributed by atoms with van der Waals surface area (Å²) in [5.74, 6) is 1.59. The molecule has 0 saturated carbocycles. The minimum atomic E-state index is -0.351. The zero-order valence-corrected chi connectivity index (χ0v) is 11.3. The molecule has 0 bridgehead atoms. The van der Waals surface area contributed by atoms with Crippen molar-refractivity contribution in [2.45, 2.75) is 32.9 Å². The Morgan fingerprint density at radius 2 is 2.11 bits per heavy atom. The standard InChI is InChI=1S/C14H22FNO2/c1-11(2)16-10-12-9-13(17-3)5-6-14(12)18-8-4-7-15/h5-6,9,11,16H,4,7-8,10H2,1-3H3. The van der Waals surface area contributed by atoms with Gasteiger partial charge in [0, 0.05) is 24.6 Å². The Balaban J connectivity index is 2.72. The molecule has 1 aromatic rings. The third-order valence-corrected chi connectivity index (χ3v) is 2.50. The molecule has 0 aliphatic rings. The van der Waals surface area contributed by atoms with Crippen LogP contribution in [-0.2, 0) is 6.54 Å². The summed E-state index contributed by atoms with van der Waals surface area (Å²) < 4.78 is 22.8. The van der Waals surface area contributed by atoms with Crippen LogP contribution in [0.1, 0.15) is 25.8 Å². The van der Waals surface area contributed by atoms with Gasteiger partial charge in [0.05, 0.1) is 20.4 Å². The van der Waals surface area contributed by atoms with Crippen molar-refractivity contribution < 1.29 is 13.9 Å². The van der Waals surface area contributed by atoms with Gasteiger partial charge in [0.2, 0.25) is 0 Å². The maximum Gasteiger partial charge on any atom is 0.124 e. The van der Waals surface area contributed by atoms with Gasteiger partial charge in [-0.1, -0.05) is 13.8 Å². The van der Waals surface area contributed by atoms with E-state index in [0.717, 1.165) is 17.1 Å². The van der Waals surface area contributed by atoms with Crippen LogP contribution in [0.25, 0.3) is 0 Å². The molecule has 18 heavy (non-hydrogen) atoms. The quantitative estimate of drug-likeness (QED) is 0.724. The van der Waals surface area contributed by atoms with Crippen molar-refractivity contribution in [3.05, 3.63) is 23.8 Å². The van der Waals surface area contributed by atoms with Crippen LogP contribution in [0.4, 0.5) is 4.39 Å². The van der Waals surface area contributed by atoms with E-state index in [0.29, 0.717) is 25.6 Å². The van der Waals surface area contributed by atoms with Gasteiger partial charge in [-0.2, -0.15) is 0 Å². The Morgan fingerprint density at radius 1 is 1.33 bits per heavy atom. The molecule has 0 atom stereocenters. The van der Waals surface area contributed by atoms with Gasteiger partial charge in [0.1, 0.15) is 11.5 Å². The first-order chi connectivity index (χ1) is 8.67. The van der Waals surface area contributed by atoms with E-state index < -0.39 is 0 Å². The molecule has 0 amide bonds. The first-order valence-corrected chi connectivity index (χ1v) is 6.26. The molecule has 0 fully saturated rings. The third-order valence-electron chi connectivity index (χ3n) is 2.50. The van der Waals surface area contributed by atoms with Gasteiger partial charge in [-0.3, -0.25) is 4.39 Å². The van der Waals surface area contributed by atoms with Crippen LogP contribution in [0.5, 0.6) is 11.5 Å². The summed E-state index contributed by atoms with van der Waals surface area (Å²) >= 11 is 0. The monoisotopic (exact) mass is 255 g/mol. The molecular weight excluding hydrogens is 233 g/mol. The molecule has 0 spiro atoms. The van der Waals surface area contributed by atoms with Crippen LogP contribution in [0, 0.1) is 0 Å². The van der Waals surface area contributed by atoms with Crippen LogP contribution >= 0.6 is 0 Å². The van der Waals surface area contributed by atoms with Crippen molar-refractivity contribution >= 4 is 0 Å². The lowest BCUT2D eigenvalue weighted by molar-refractivity contribution is 0.285. The van der Waals surface area contributed by atoms with Crippen molar-refractivity contribution in [3.63, 3.8) is 0 Å². The van der Waals surface area contributed by atoms with E-state index in [1.54, 1.807) is 7.11 Å². The summed E-state index contributed by atoms with van der Waals surface area (Å²) in [4.78, 5) is 0. The van der Waals surface area contributed by atoms with Crippen LogP contribution in [-0.4, -0.2) is 26.4 Å². The van der Waals surface area contributed by atoms with Gasteiger partial charge in [0.15, 0.2) is 0 Å². The summed E-state index contributed by atoms with van der Waals surface area (Å²) in [6, 6.07) is 6.06. The maximum atomic E-state index is 12.1. The van der Waals surface area contributed by atoms with Gasteiger partial charge < -0.3 is 14.8 Å². The highest BCUT2D eigenvalue weighted by molar-refractivity contribution is 5.40. The van der Waals surface area contributed by atoms with Crippen LogP contribution < -0.4 is 14.8 Å². The number of nitrogens with one attached hydrogen (secondary N) is 1. The Bertz CT molecular complexity index is 356. The molecule has 102 valence electrons. The molecule has 0 heterocycles. The maximum absolute atomic E-state index is 12.1. The van der Waals surface area contributed by atoms with Crippen molar-refractivity contribution in [2.75, 3.05) is 20.4 Å². The normalized spacial score (nSPS) is 10.7. The fourth-order valence-electron chi connectivity index (χ4n) is 1.51. The second kappa shape index (κ2) is 7.93. The number of alkyl halides is 1. The molecule has 0 unspecified atom stereocenters. The fourth-order valence-corrected chi connectivity index (χ4v) is 1.51. The average Bonchev–Trinajstić information content (AvgIpc) is 2.37. The lowest BCUT2D eigenvalue weighted by Gasteiger charge is -2.14. The molecule has 0 radical (unpaired) electrons. The minimum absolute atomic E-state index is 0.351. The van der Waals surface area contributed by atoms with Crippen LogP contribution in [0.2, 0.25) is 0 Å². The van der Waals surface area contributed by atoms with E-state index in [9.17, 15) is 4.39 Å². The van der Waals surface area contributed by atoms with Crippen LogP contribution in [0.15, 0.2) is 18.2 Å². The lowest BCUT2D eigenvalue weighted by Crippen LogP contribution is -2.22. The number of ether oxygens (including phenoxy) is 2. The number of benzene rings is 1. The van der Waals surface area contributed by atoms with Crippen LogP contribution in [0.3, 0.4) is 0 Å². The van der Waals surface area contributed by atoms with Gasteiger partial charge in [-0.05, 0) is 18.2 Å². The number of hydrogen-bond acceptors (Lipinski definition) is 3. The Hall–Kier alpha value is -1.29. The first-order valence-electron chi connectivity index (χ1n) is 6.26. The highest BCUT2D eigenvalue weighted by atomic mass is 19.1. The minimum Gasteiger partial charge on any atom is -0.497 e. The highest BCUT2D eigenvalue weighted by Crippen LogP contribution is 2.24.